The molecule has 1 aromatic heterocycles. The highest BCUT2D eigenvalue weighted by molar-refractivity contribution is 5.96. The van der Waals surface area contributed by atoms with E-state index in [1.54, 1.807) is 25.1 Å². The van der Waals surface area contributed by atoms with E-state index in [1.165, 1.54) is 4.68 Å². The number of halogens is 2. The van der Waals surface area contributed by atoms with Crippen molar-refractivity contribution in [3.8, 4) is 11.1 Å². The maximum atomic E-state index is 14.5. The lowest BCUT2D eigenvalue weighted by Gasteiger charge is -2.13. The lowest BCUT2D eigenvalue weighted by molar-refractivity contribution is -0.0232. The summed E-state index contributed by atoms with van der Waals surface area (Å²) in [5, 5.41) is 13.9. The largest absolute Gasteiger partial charge is 0.478 e. The van der Waals surface area contributed by atoms with E-state index >= 15 is 0 Å². The SMILES string of the molecule is CCCC(F)(F)c1nc(C(C)CC)n(Cc2ccc(-c3ccccc3)c(C(=O)O)c2)n1. The third-order valence-electron chi connectivity index (χ3n) is 5.38. The van der Waals surface area contributed by atoms with E-state index in [9.17, 15) is 18.7 Å². The Hall–Kier alpha value is -3.09. The second-order valence-electron chi connectivity index (χ2n) is 7.77. The van der Waals surface area contributed by atoms with Crippen LogP contribution in [0.15, 0.2) is 48.5 Å². The smallest absolute Gasteiger partial charge is 0.336 e. The number of aromatic carboxylic acids is 1. The molecule has 2 aromatic carbocycles. The van der Waals surface area contributed by atoms with Crippen LogP contribution in [0.25, 0.3) is 11.1 Å². The Labute approximate surface area is 180 Å². The van der Waals surface area contributed by atoms with Crippen LogP contribution in [-0.2, 0) is 12.5 Å². The van der Waals surface area contributed by atoms with Crippen LogP contribution in [0.3, 0.4) is 0 Å². The number of hydrogen-bond acceptors (Lipinski definition) is 3. The molecule has 0 radical (unpaired) electrons. The first-order valence-corrected chi connectivity index (χ1v) is 10.5. The molecule has 0 saturated heterocycles. The molecular weight excluding hydrogens is 400 g/mol. The Morgan fingerprint density at radius 1 is 1.16 bits per heavy atom. The molecule has 0 spiro atoms. The lowest BCUT2D eigenvalue weighted by atomic mass is 9.97. The average Bonchev–Trinajstić information content (AvgIpc) is 3.18. The number of aromatic nitrogens is 3. The summed E-state index contributed by atoms with van der Waals surface area (Å²) < 4.78 is 30.4. The van der Waals surface area contributed by atoms with Gasteiger partial charge in [-0.3, -0.25) is 0 Å². The van der Waals surface area contributed by atoms with Gasteiger partial charge in [0.05, 0.1) is 12.1 Å². The van der Waals surface area contributed by atoms with Crippen molar-refractivity contribution >= 4 is 5.97 Å². The van der Waals surface area contributed by atoms with Crippen molar-refractivity contribution < 1.29 is 18.7 Å². The molecular formula is C24H27F2N3O2. The van der Waals surface area contributed by atoms with Gasteiger partial charge in [0.25, 0.3) is 0 Å². The quantitative estimate of drug-likeness (QED) is 0.448. The summed E-state index contributed by atoms with van der Waals surface area (Å²) >= 11 is 0. The van der Waals surface area contributed by atoms with Gasteiger partial charge in [-0.15, -0.1) is 5.10 Å². The Bertz CT molecular complexity index is 1050. The number of alkyl halides is 2. The Morgan fingerprint density at radius 2 is 1.87 bits per heavy atom. The standard InChI is InChI=1S/C24H27F2N3O2/c1-4-13-24(25,26)23-27-21(16(3)5-2)29(28-23)15-17-11-12-19(20(14-17)22(30)31)18-9-7-6-8-10-18/h6-12,14,16H,4-5,13,15H2,1-3H3,(H,30,31). The zero-order valence-electron chi connectivity index (χ0n) is 18.0. The topological polar surface area (TPSA) is 68.0 Å². The predicted molar refractivity (Wildman–Crippen MR) is 115 cm³/mol. The van der Waals surface area contributed by atoms with Crippen LogP contribution in [0.4, 0.5) is 8.78 Å². The summed E-state index contributed by atoms with van der Waals surface area (Å²) in [5.74, 6) is -4.18. The summed E-state index contributed by atoms with van der Waals surface area (Å²) in [6.45, 7) is 5.75. The van der Waals surface area contributed by atoms with E-state index in [1.807, 2.05) is 44.2 Å². The number of carboxylic acid groups (broad SMARTS) is 1. The zero-order chi connectivity index (χ0) is 22.6. The highest BCUT2D eigenvalue weighted by Crippen LogP contribution is 2.32. The van der Waals surface area contributed by atoms with E-state index in [4.69, 9.17) is 0 Å². The van der Waals surface area contributed by atoms with Crippen molar-refractivity contribution in [1.29, 1.82) is 0 Å². The number of hydrogen-bond donors (Lipinski definition) is 1. The fourth-order valence-corrected chi connectivity index (χ4v) is 3.51. The summed E-state index contributed by atoms with van der Waals surface area (Å²) in [4.78, 5) is 16.1. The van der Waals surface area contributed by atoms with Gasteiger partial charge in [-0.1, -0.05) is 63.2 Å². The van der Waals surface area contributed by atoms with Gasteiger partial charge >= 0.3 is 11.9 Å². The van der Waals surface area contributed by atoms with Crippen LogP contribution in [-0.4, -0.2) is 25.8 Å². The molecule has 3 aromatic rings. The molecule has 0 fully saturated rings. The van der Waals surface area contributed by atoms with Crippen molar-refractivity contribution in [1.82, 2.24) is 14.8 Å². The third-order valence-corrected chi connectivity index (χ3v) is 5.38. The van der Waals surface area contributed by atoms with E-state index in [2.05, 4.69) is 10.1 Å². The first-order valence-electron chi connectivity index (χ1n) is 10.5. The molecule has 164 valence electrons. The highest BCUT2D eigenvalue weighted by Gasteiger charge is 2.36. The molecule has 1 unspecified atom stereocenters. The zero-order valence-corrected chi connectivity index (χ0v) is 18.0. The number of benzene rings is 2. The minimum absolute atomic E-state index is 0.0544. The minimum atomic E-state index is -3.09. The van der Waals surface area contributed by atoms with Gasteiger partial charge in [-0.2, -0.15) is 8.78 Å². The van der Waals surface area contributed by atoms with Gasteiger partial charge in [-0.05, 0) is 35.6 Å². The molecule has 0 aliphatic carbocycles. The molecule has 5 nitrogen and oxygen atoms in total. The number of nitrogens with zero attached hydrogens (tertiary/aromatic N) is 3. The van der Waals surface area contributed by atoms with Gasteiger partial charge < -0.3 is 5.11 Å². The monoisotopic (exact) mass is 427 g/mol. The molecule has 0 saturated carbocycles. The van der Waals surface area contributed by atoms with Gasteiger partial charge in [0.1, 0.15) is 5.82 Å². The van der Waals surface area contributed by atoms with Crippen molar-refractivity contribution in [2.45, 2.75) is 58.4 Å². The van der Waals surface area contributed by atoms with Gasteiger partial charge in [0, 0.05) is 12.3 Å². The summed E-state index contributed by atoms with van der Waals surface area (Å²) in [6.07, 6.45) is 0.736. The van der Waals surface area contributed by atoms with E-state index < -0.39 is 17.7 Å². The lowest BCUT2D eigenvalue weighted by Crippen LogP contribution is -2.16. The van der Waals surface area contributed by atoms with Crippen molar-refractivity contribution in [3.05, 3.63) is 71.3 Å². The number of carbonyl (C=O) groups is 1. The Balaban J connectivity index is 2.01. The summed E-state index contributed by atoms with van der Waals surface area (Å²) in [7, 11) is 0. The van der Waals surface area contributed by atoms with E-state index in [0.717, 1.165) is 12.0 Å². The average molecular weight is 427 g/mol. The molecule has 31 heavy (non-hydrogen) atoms. The first-order chi connectivity index (χ1) is 14.8. The van der Waals surface area contributed by atoms with Gasteiger partial charge in [-0.25, -0.2) is 14.5 Å². The second-order valence-corrected chi connectivity index (χ2v) is 7.77. The normalized spacial score (nSPS) is 12.7. The molecule has 0 aliphatic rings. The van der Waals surface area contributed by atoms with Gasteiger partial charge in [0.15, 0.2) is 0 Å². The molecule has 0 aliphatic heterocycles. The predicted octanol–water partition coefficient (Wildman–Crippen LogP) is 6.10. The van der Waals surface area contributed by atoms with Crippen LogP contribution in [0, 0.1) is 0 Å². The molecule has 0 bridgehead atoms. The number of rotatable bonds is 9. The Kier molecular flexibility index (Phi) is 6.83. The van der Waals surface area contributed by atoms with Crippen LogP contribution in [0.5, 0.6) is 0 Å². The molecule has 1 heterocycles. The maximum Gasteiger partial charge on any atom is 0.336 e. The maximum absolute atomic E-state index is 14.5. The fourth-order valence-electron chi connectivity index (χ4n) is 3.51. The highest BCUT2D eigenvalue weighted by atomic mass is 19.3. The first kappa shape index (κ1) is 22.6. The Morgan fingerprint density at radius 3 is 2.48 bits per heavy atom. The van der Waals surface area contributed by atoms with Crippen molar-refractivity contribution in [2.24, 2.45) is 0 Å². The molecule has 0 amide bonds. The molecule has 1 atom stereocenters. The van der Waals surface area contributed by atoms with Crippen LogP contribution < -0.4 is 0 Å². The van der Waals surface area contributed by atoms with Crippen molar-refractivity contribution in [2.75, 3.05) is 0 Å². The minimum Gasteiger partial charge on any atom is -0.478 e. The molecule has 7 heteroatoms. The van der Waals surface area contributed by atoms with E-state index in [0.29, 0.717) is 23.4 Å². The second kappa shape index (κ2) is 9.37. The van der Waals surface area contributed by atoms with Gasteiger partial charge in [0.2, 0.25) is 5.82 Å². The fraction of sp³-hybridized carbons (Fsp3) is 0.375. The van der Waals surface area contributed by atoms with Crippen LogP contribution in [0.2, 0.25) is 0 Å². The summed E-state index contributed by atoms with van der Waals surface area (Å²) in [6, 6.07) is 14.4. The van der Waals surface area contributed by atoms with Crippen LogP contribution in [0.1, 0.15) is 73.5 Å². The third kappa shape index (κ3) is 4.98. The number of carboxylic acids is 1. The van der Waals surface area contributed by atoms with E-state index in [-0.39, 0.29) is 24.4 Å². The molecule has 3 rings (SSSR count). The van der Waals surface area contributed by atoms with Crippen LogP contribution >= 0.6 is 0 Å². The summed E-state index contributed by atoms with van der Waals surface area (Å²) in [5.41, 5.74) is 2.23. The molecule has 1 N–H and O–H groups in total. The van der Waals surface area contributed by atoms with Crippen molar-refractivity contribution in [3.63, 3.8) is 0 Å².